The molecule has 0 aliphatic heterocycles. The van der Waals surface area contributed by atoms with Crippen LogP contribution >= 0.6 is 0 Å². The highest BCUT2D eigenvalue weighted by Gasteiger charge is 1.96. The molecule has 0 amide bonds. The van der Waals surface area contributed by atoms with Gasteiger partial charge < -0.3 is 4.18 Å². The summed E-state index contributed by atoms with van der Waals surface area (Å²) >= 11 is 0. The lowest BCUT2D eigenvalue weighted by Gasteiger charge is -1.86. The van der Waals surface area contributed by atoms with Crippen LogP contribution in [0.2, 0.25) is 0 Å². The molecule has 0 radical (unpaired) electrons. The van der Waals surface area contributed by atoms with E-state index in [0.717, 1.165) is 0 Å². The smallest absolute Gasteiger partial charge is 0.370 e. The zero-order valence-electron chi connectivity index (χ0n) is 5.65. The van der Waals surface area contributed by atoms with E-state index in [1.54, 1.807) is 6.08 Å². The van der Waals surface area contributed by atoms with Crippen molar-refractivity contribution >= 4 is 10.4 Å². The van der Waals surface area contributed by atoms with Gasteiger partial charge in [-0.25, -0.2) is 0 Å². The average molecular weight is 166 g/mol. The summed E-state index contributed by atoms with van der Waals surface area (Å²) < 4.78 is 30.2. The van der Waals surface area contributed by atoms with Crippen molar-refractivity contribution in [1.82, 2.24) is 0 Å². The second-order valence-electron chi connectivity index (χ2n) is 1.10. The van der Waals surface area contributed by atoms with Crippen LogP contribution in [0.25, 0.3) is 0 Å². The molecule has 0 atom stereocenters. The summed E-state index contributed by atoms with van der Waals surface area (Å²) in [4.78, 5) is 0. The van der Waals surface area contributed by atoms with Gasteiger partial charge in [-0.05, 0) is 6.92 Å². The third kappa shape index (κ3) is 27.1. The van der Waals surface area contributed by atoms with Crippen LogP contribution in [0.1, 0.15) is 6.92 Å². The maximum atomic E-state index is 9.49. The molecule has 5 heteroatoms. The summed E-state index contributed by atoms with van der Waals surface area (Å²) in [6, 6.07) is 0. The Bertz CT molecular complexity index is 180. The predicted octanol–water partition coefficient (Wildman–Crippen LogP) is 1.14. The Labute approximate surface area is 60.8 Å². The fourth-order valence-electron chi connectivity index (χ4n) is 0.0860. The minimum Gasteiger partial charge on any atom is -0.370 e. The van der Waals surface area contributed by atoms with Crippen LogP contribution in [0.5, 0.6) is 0 Å². The van der Waals surface area contributed by atoms with E-state index >= 15 is 0 Å². The lowest BCUT2D eigenvalue weighted by atomic mass is 10.8. The third-order valence-corrected chi connectivity index (χ3v) is 0.569. The van der Waals surface area contributed by atoms with Crippen molar-refractivity contribution in [1.29, 1.82) is 0 Å². The number of hydrogen-bond donors (Lipinski definition) is 1. The largest absolute Gasteiger partial charge is 0.445 e. The van der Waals surface area contributed by atoms with Gasteiger partial charge >= 0.3 is 10.4 Å². The molecule has 0 saturated heterocycles. The highest BCUT2D eigenvalue weighted by atomic mass is 32.3. The highest BCUT2D eigenvalue weighted by molar-refractivity contribution is 7.81. The summed E-state index contributed by atoms with van der Waals surface area (Å²) in [6.07, 6.45) is 2.37. The van der Waals surface area contributed by atoms with Gasteiger partial charge in [0, 0.05) is 0 Å². The number of rotatable bonds is 2. The van der Waals surface area contributed by atoms with Crippen molar-refractivity contribution in [2.45, 2.75) is 6.92 Å². The summed E-state index contributed by atoms with van der Waals surface area (Å²) in [7, 11) is -4.29. The summed E-state index contributed by atoms with van der Waals surface area (Å²) in [6.45, 7) is 8.13. The molecule has 0 aromatic rings. The highest BCUT2D eigenvalue weighted by Crippen LogP contribution is 1.82. The first-order chi connectivity index (χ1) is 4.47. The second-order valence-corrected chi connectivity index (χ2v) is 2.15. The van der Waals surface area contributed by atoms with Gasteiger partial charge in [-0.2, -0.15) is 8.42 Å². The quantitative estimate of drug-likeness (QED) is 0.379. The van der Waals surface area contributed by atoms with Gasteiger partial charge in [-0.1, -0.05) is 12.7 Å². The molecule has 10 heavy (non-hydrogen) atoms. The minimum absolute atomic E-state index is 0.620. The summed E-state index contributed by atoms with van der Waals surface area (Å²) in [5.41, 5.74) is 0. The molecule has 4 nitrogen and oxygen atoms in total. The molecule has 0 fully saturated rings. The second kappa shape index (κ2) is 6.31. The van der Waals surface area contributed by atoms with Gasteiger partial charge in [0.25, 0.3) is 0 Å². The SMILES string of the molecule is C=CC.C=COS(=O)(=O)O. The van der Waals surface area contributed by atoms with Crippen LogP contribution in [0.4, 0.5) is 0 Å². The Balaban J connectivity index is 0. The monoisotopic (exact) mass is 166 g/mol. The Kier molecular flexibility index (Phi) is 7.53. The molecule has 1 N–H and O–H groups in total. The maximum Gasteiger partial charge on any atom is 0.445 e. The van der Waals surface area contributed by atoms with Crippen LogP contribution in [0.15, 0.2) is 25.5 Å². The molecule has 0 bridgehead atoms. The van der Waals surface area contributed by atoms with Crippen LogP contribution in [0, 0.1) is 0 Å². The third-order valence-electron chi connectivity index (χ3n) is 0.190. The Morgan fingerprint density at radius 2 is 1.80 bits per heavy atom. The molecule has 60 valence electrons. The molecular weight excluding hydrogens is 156 g/mol. The maximum absolute atomic E-state index is 9.49. The Morgan fingerprint density at radius 3 is 1.80 bits per heavy atom. The van der Waals surface area contributed by atoms with Crippen molar-refractivity contribution in [3.8, 4) is 0 Å². The number of allylic oxidation sites excluding steroid dienone is 1. The first-order valence-electron chi connectivity index (χ1n) is 2.31. The Morgan fingerprint density at radius 1 is 1.50 bits per heavy atom. The minimum atomic E-state index is -4.29. The molecule has 0 heterocycles. The Hall–Kier alpha value is -0.810. The van der Waals surface area contributed by atoms with Gasteiger partial charge in [0.2, 0.25) is 0 Å². The van der Waals surface area contributed by atoms with Crippen LogP contribution in [-0.2, 0) is 14.6 Å². The van der Waals surface area contributed by atoms with Crippen molar-refractivity contribution < 1.29 is 17.2 Å². The molecule has 0 rings (SSSR count). The fourth-order valence-corrected chi connectivity index (χ4v) is 0.258. The van der Waals surface area contributed by atoms with E-state index in [9.17, 15) is 8.42 Å². The van der Waals surface area contributed by atoms with Gasteiger partial charge in [0.1, 0.15) is 6.26 Å². The van der Waals surface area contributed by atoms with E-state index in [-0.39, 0.29) is 0 Å². The summed E-state index contributed by atoms with van der Waals surface area (Å²) in [5.74, 6) is 0. The molecular formula is C5H10O4S. The average Bonchev–Trinajstić information content (AvgIpc) is 1.63. The van der Waals surface area contributed by atoms with Gasteiger partial charge in [0.15, 0.2) is 0 Å². The lowest BCUT2D eigenvalue weighted by Crippen LogP contribution is -1.96. The number of hydrogen-bond acceptors (Lipinski definition) is 3. The topological polar surface area (TPSA) is 63.6 Å². The molecule has 0 spiro atoms. The van der Waals surface area contributed by atoms with Crippen LogP contribution in [-0.4, -0.2) is 13.0 Å². The molecule has 0 aliphatic carbocycles. The molecule has 0 aromatic carbocycles. The van der Waals surface area contributed by atoms with E-state index in [1.165, 1.54) is 0 Å². The zero-order chi connectivity index (χ0) is 8.62. The molecule has 0 aromatic heterocycles. The van der Waals surface area contributed by atoms with Crippen molar-refractivity contribution in [2.24, 2.45) is 0 Å². The van der Waals surface area contributed by atoms with Crippen molar-refractivity contribution in [3.05, 3.63) is 25.5 Å². The standard InChI is InChI=1S/C3H6.C2H4O4S/c1-3-2;1-2-6-7(3,4)5/h3H,1H2,2H3;2H,1H2,(H,3,4,5). The first-order valence-corrected chi connectivity index (χ1v) is 3.68. The predicted molar refractivity (Wildman–Crippen MR) is 38.7 cm³/mol. The normalized spacial score (nSPS) is 8.60. The van der Waals surface area contributed by atoms with E-state index in [2.05, 4.69) is 17.3 Å². The van der Waals surface area contributed by atoms with Crippen molar-refractivity contribution in [2.75, 3.05) is 0 Å². The molecule has 0 unspecified atom stereocenters. The lowest BCUT2D eigenvalue weighted by molar-refractivity contribution is 0.357. The van der Waals surface area contributed by atoms with E-state index in [0.29, 0.717) is 6.26 Å². The molecule has 0 aliphatic rings. The van der Waals surface area contributed by atoms with E-state index in [1.807, 2.05) is 6.92 Å². The van der Waals surface area contributed by atoms with Crippen LogP contribution in [0.3, 0.4) is 0 Å². The van der Waals surface area contributed by atoms with Gasteiger partial charge in [0.05, 0.1) is 0 Å². The van der Waals surface area contributed by atoms with Crippen molar-refractivity contribution in [3.63, 3.8) is 0 Å². The zero-order valence-corrected chi connectivity index (χ0v) is 6.47. The first kappa shape index (κ1) is 11.9. The molecule has 0 saturated carbocycles. The van der Waals surface area contributed by atoms with E-state index in [4.69, 9.17) is 4.55 Å². The fraction of sp³-hybridized carbons (Fsp3) is 0.200. The van der Waals surface area contributed by atoms with Gasteiger partial charge in [-0.15, -0.1) is 6.58 Å². The van der Waals surface area contributed by atoms with E-state index < -0.39 is 10.4 Å². The summed E-state index contributed by atoms with van der Waals surface area (Å²) in [5, 5.41) is 0. The van der Waals surface area contributed by atoms with Gasteiger partial charge in [-0.3, -0.25) is 4.55 Å². The van der Waals surface area contributed by atoms with Crippen LogP contribution < -0.4 is 0 Å².